The highest BCUT2D eigenvalue weighted by Gasteiger charge is 2.32. The number of rotatable bonds is 6. The van der Waals surface area contributed by atoms with Crippen LogP contribution in [0.1, 0.15) is 38.7 Å². The van der Waals surface area contributed by atoms with Gasteiger partial charge in [-0.25, -0.2) is 0 Å². The molecule has 25 heavy (non-hydrogen) atoms. The van der Waals surface area contributed by atoms with Gasteiger partial charge in [0.25, 0.3) is 0 Å². The Morgan fingerprint density at radius 3 is 2.72 bits per heavy atom. The molecule has 0 saturated carbocycles. The minimum Gasteiger partial charge on any atom is -0.326 e. The lowest BCUT2D eigenvalue weighted by Crippen LogP contribution is -2.28. The molecule has 2 rings (SSSR count). The second-order valence-electron chi connectivity index (χ2n) is 5.59. The van der Waals surface area contributed by atoms with Crippen molar-refractivity contribution in [2.75, 3.05) is 5.32 Å². The van der Waals surface area contributed by atoms with Gasteiger partial charge >= 0.3 is 0 Å². The second kappa shape index (κ2) is 9.01. The number of hydrogen-bond acceptors (Lipinski definition) is 5. The van der Waals surface area contributed by atoms with Crippen LogP contribution >= 0.6 is 23.4 Å². The highest BCUT2D eigenvalue weighted by atomic mass is 35.5. The maximum atomic E-state index is 12.2. The van der Waals surface area contributed by atoms with Crippen LogP contribution in [0.25, 0.3) is 0 Å². The van der Waals surface area contributed by atoms with Crippen LogP contribution in [-0.4, -0.2) is 27.9 Å². The maximum Gasteiger partial charge on any atom is 0.240 e. The van der Waals surface area contributed by atoms with Gasteiger partial charge < -0.3 is 10.6 Å². The Labute approximate surface area is 156 Å². The Morgan fingerprint density at radius 2 is 2.08 bits per heavy atom. The van der Waals surface area contributed by atoms with Gasteiger partial charge in [-0.2, -0.15) is 5.10 Å². The zero-order chi connectivity index (χ0) is 18.4. The number of amidine groups is 1. The number of halogens is 1. The number of aryl methyl sites for hydroxylation is 1. The van der Waals surface area contributed by atoms with E-state index in [9.17, 15) is 9.59 Å². The first-order valence-electron chi connectivity index (χ1n) is 8.09. The van der Waals surface area contributed by atoms with Crippen LogP contribution in [0.3, 0.4) is 0 Å². The summed E-state index contributed by atoms with van der Waals surface area (Å²) in [5.41, 5.74) is 2.50. The Bertz CT molecular complexity index is 727. The van der Waals surface area contributed by atoms with Gasteiger partial charge in [-0.3, -0.25) is 9.59 Å². The third-order valence-corrected chi connectivity index (χ3v) is 5.18. The molecule has 134 valence electrons. The van der Waals surface area contributed by atoms with Crippen molar-refractivity contribution in [3.63, 3.8) is 0 Å². The summed E-state index contributed by atoms with van der Waals surface area (Å²) in [5, 5.41) is 14.1. The molecule has 2 N–H and O–H groups in total. The zero-order valence-corrected chi connectivity index (χ0v) is 16.0. The number of carbonyl (C=O) groups excluding carboxylic acids is 2. The van der Waals surface area contributed by atoms with Crippen molar-refractivity contribution in [1.29, 1.82) is 0 Å². The number of benzene rings is 1. The molecule has 1 atom stereocenters. The number of hydrogen-bond donors (Lipinski definition) is 2. The predicted octanol–water partition coefficient (Wildman–Crippen LogP) is 3.74. The number of nitrogens with one attached hydrogen (secondary N) is 2. The lowest BCUT2D eigenvalue weighted by molar-refractivity contribution is -0.122. The summed E-state index contributed by atoms with van der Waals surface area (Å²) in [6.45, 7) is 5.90. The molecule has 0 bridgehead atoms. The van der Waals surface area contributed by atoms with Crippen LogP contribution < -0.4 is 10.6 Å². The highest BCUT2D eigenvalue weighted by Crippen LogP contribution is 2.24. The van der Waals surface area contributed by atoms with Crippen LogP contribution in [0.4, 0.5) is 5.69 Å². The molecule has 1 aromatic carbocycles. The highest BCUT2D eigenvalue weighted by molar-refractivity contribution is 8.15. The Kier molecular flexibility index (Phi) is 7.01. The summed E-state index contributed by atoms with van der Waals surface area (Å²) in [7, 11) is 0. The largest absolute Gasteiger partial charge is 0.326 e. The molecule has 1 fully saturated rings. The maximum absolute atomic E-state index is 12.2. The molecule has 0 spiro atoms. The molecular weight excluding hydrogens is 360 g/mol. The van der Waals surface area contributed by atoms with Crippen molar-refractivity contribution in [1.82, 2.24) is 5.32 Å². The molecule has 0 aromatic heterocycles. The normalized spacial score (nSPS) is 18.2. The topological polar surface area (TPSA) is 82.9 Å². The van der Waals surface area contributed by atoms with E-state index in [4.69, 9.17) is 11.6 Å². The molecule has 1 saturated heterocycles. The van der Waals surface area contributed by atoms with Crippen LogP contribution in [0, 0.1) is 6.92 Å². The van der Waals surface area contributed by atoms with E-state index < -0.39 is 5.25 Å². The van der Waals surface area contributed by atoms with Crippen LogP contribution in [-0.2, 0) is 9.59 Å². The van der Waals surface area contributed by atoms with Gasteiger partial charge in [0.2, 0.25) is 11.8 Å². The van der Waals surface area contributed by atoms with Crippen LogP contribution in [0.2, 0.25) is 5.02 Å². The third-order valence-electron chi connectivity index (χ3n) is 3.70. The first-order chi connectivity index (χ1) is 11.9. The molecule has 1 aliphatic heterocycles. The SMILES string of the molecule is CCC(CC)=N/N=C1\NC(=O)[C@@H](CC(=O)Nc2ccc(C)c(Cl)c2)S1. The van der Waals surface area contributed by atoms with Gasteiger partial charge in [-0.1, -0.05) is 43.3 Å². The second-order valence-corrected chi connectivity index (χ2v) is 7.19. The molecule has 0 aliphatic carbocycles. The van der Waals surface area contributed by atoms with Crippen molar-refractivity contribution < 1.29 is 9.59 Å². The Morgan fingerprint density at radius 1 is 1.36 bits per heavy atom. The van der Waals surface area contributed by atoms with Gasteiger partial charge in [0.1, 0.15) is 5.25 Å². The van der Waals surface area contributed by atoms with Gasteiger partial charge in [0.15, 0.2) is 5.17 Å². The van der Waals surface area contributed by atoms with E-state index in [0.717, 1.165) is 24.1 Å². The summed E-state index contributed by atoms with van der Waals surface area (Å²) < 4.78 is 0. The van der Waals surface area contributed by atoms with Gasteiger partial charge in [-0.05, 0) is 37.5 Å². The van der Waals surface area contributed by atoms with E-state index in [0.29, 0.717) is 15.9 Å². The minimum absolute atomic E-state index is 0.0547. The fraction of sp³-hybridized carbons (Fsp3) is 0.412. The summed E-state index contributed by atoms with van der Waals surface area (Å²) in [5.74, 6) is -0.481. The summed E-state index contributed by atoms with van der Waals surface area (Å²) in [6, 6.07) is 5.30. The van der Waals surface area contributed by atoms with Crippen molar-refractivity contribution >= 4 is 51.7 Å². The standard InChI is InChI=1S/C17H21ClN4O2S/c1-4-11(5-2)21-22-17-20-16(24)14(25-17)9-15(23)19-12-7-6-10(3)13(18)8-12/h6-8,14H,4-5,9H2,1-3H3,(H,19,23)(H,20,22,24)/t14-/m1/s1. The number of amides is 2. The van der Waals surface area contributed by atoms with E-state index in [1.165, 1.54) is 11.8 Å². The van der Waals surface area contributed by atoms with E-state index in [2.05, 4.69) is 20.8 Å². The molecule has 8 heteroatoms. The van der Waals surface area contributed by atoms with Crippen molar-refractivity contribution in [2.45, 2.75) is 45.3 Å². The average molecular weight is 381 g/mol. The summed E-state index contributed by atoms with van der Waals surface area (Å²) in [4.78, 5) is 24.2. The van der Waals surface area contributed by atoms with E-state index >= 15 is 0 Å². The van der Waals surface area contributed by atoms with Crippen LogP contribution in [0.5, 0.6) is 0 Å². The monoisotopic (exact) mass is 380 g/mol. The number of nitrogens with zero attached hydrogens (tertiary/aromatic N) is 2. The molecule has 1 heterocycles. The smallest absolute Gasteiger partial charge is 0.240 e. The molecule has 6 nitrogen and oxygen atoms in total. The first-order valence-corrected chi connectivity index (χ1v) is 9.35. The van der Waals surface area contributed by atoms with Crippen molar-refractivity contribution in [3.05, 3.63) is 28.8 Å². The number of anilines is 1. The lowest BCUT2D eigenvalue weighted by Gasteiger charge is -2.08. The molecule has 0 radical (unpaired) electrons. The molecule has 2 amide bonds. The van der Waals surface area contributed by atoms with Gasteiger partial charge in [0.05, 0.1) is 0 Å². The van der Waals surface area contributed by atoms with E-state index in [1.54, 1.807) is 12.1 Å². The number of thioether (sulfide) groups is 1. The average Bonchev–Trinajstić information content (AvgIpc) is 2.91. The molecule has 0 unspecified atom stereocenters. The fourth-order valence-corrected chi connectivity index (χ4v) is 3.24. The lowest BCUT2D eigenvalue weighted by atomic mass is 10.2. The van der Waals surface area contributed by atoms with Crippen molar-refractivity contribution in [2.24, 2.45) is 10.2 Å². The first kappa shape index (κ1) is 19.5. The van der Waals surface area contributed by atoms with Crippen molar-refractivity contribution in [3.8, 4) is 0 Å². The summed E-state index contributed by atoms with van der Waals surface area (Å²) in [6.07, 6.45) is 1.69. The van der Waals surface area contributed by atoms with E-state index in [-0.39, 0.29) is 18.2 Å². The van der Waals surface area contributed by atoms with Gasteiger partial charge in [-0.15, -0.1) is 5.10 Å². The minimum atomic E-state index is -0.512. The van der Waals surface area contributed by atoms with E-state index in [1.807, 2.05) is 26.8 Å². The summed E-state index contributed by atoms with van der Waals surface area (Å²) >= 11 is 7.27. The molecular formula is C17H21ClN4O2S. The van der Waals surface area contributed by atoms with Crippen LogP contribution in [0.15, 0.2) is 28.4 Å². The zero-order valence-electron chi connectivity index (χ0n) is 14.4. The third kappa shape index (κ3) is 5.57. The Hall–Kier alpha value is -1.86. The molecule has 1 aromatic rings. The fourth-order valence-electron chi connectivity index (χ4n) is 2.15. The molecule has 1 aliphatic rings. The quantitative estimate of drug-likeness (QED) is 0.582. The number of carbonyl (C=O) groups is 2. The predicted molar refractivity (Wildman–Crippen MR) is 104 cm³/mol. The van der Waals surface area contributed by atoms with Gasteiger partial charge in [0, 0.05) is 22.8 Å². The Balaban J connectivity index is 1.95.